The van der Waals surface area contributed by atoms with Gasteiger partial charge in [-0.1, -0.05) is 6.07 Å². The van der Waals surface area contributed by atoms with Gasteiger partial charge in [0, 0.05) is 39.3 Å². The molecule has 28 heavy (non-hydrogen) atoms. The molecule has 3 unspecified atom stereocenters. The second-order valence-corrected chi connectivity index (χ2v) is 7.49. The Labute approximate surface area is 166 Å². The fourth-order valence-corrected chi connectivity index (χ4v) is 4.47. The molecule has 1 aliphatic heterocycles. The molecule has 1 heterocycles. The number of hydrogen-bond acceptors (Lipinski definition) is 5. The summed E-state index contributed by atoms with van der Waals surface area (Å²) in [4.78, 5) is 27.0. The topological polar surface area (TPSA) is 77.1 Å². The standard InChI is InChI=1S/C21H30N2O5/c1-26-16-6-4-5-15(13-16)20(25)22-11-8-19(24)23-12-10-21(28-3)9-7-17(27-2)14-18(21)23/h4-6,13,17-18H,7-12,14H2,1-3H3,(H,22,25). The van der Waals surface area contributed by atoms with Crippen LogP contribution < -0.4 is 10.1 Å². The molecule has 1 saturated heterocycles. The molecule has 154 valence electrons. The van der Waals surface area contributed by atoms with Crippen LogP contribution in [0.25, 0.3) is 0 Å². The molecule has 1 saturated carbocycles. The number of fused-ring (bicyclic) bond motifs is 1. The number of benzene rings is 1. The molecule has 0 spiro atoms. The summed E-state index contributed by atoms with van der Waals surface area (Å²) in [6, 6.07) is 6.99. The van der Waals surface area contributed by atoms with Crippen molar-refractivity contribution in [2.45, 2.75) is 49.9 Å². The van der Waals surface area contributed by atoms with Crippen LogP contribution in [0.15, 0.2) is 24.3 Å². The summed E-state index contributed by atoms with van der Waals surface area (Å²) in [6.45, 7) is 0.989. The maximum Gasteiger partial charge on any atom is 0.251 e. The Bertz CT molecular complexity index is 710. The molecule has 2 aliphatic rings. The fourth-order valence-electron chi connectivity index (χ4n) is 4.47. The zero-order valence-electron chi connectivity index (χ0n) is 16.9. The second kappa shape index (κ2) is 8.92. The van der Waals surface area contributed by atoms with Crippen molar-refractivity contribution in [1.82, 2.24) is 10.2 Å². The third kappa shape index (κ3) is 4.15. The fraction of sp³-hybridized carbons (Fsp3) is 0.619. The average molecular weight is 390 g/mol. The number of nitrogens with one attached hydrogen (secondary N) is 1. The molecule has 3 atom stereocenters. The quantitative estimate of drug-likeness (QED) is 0.771. The van der Waals surface area contributed by atoms with Gasteiger partial charge in [0.2, 0.25) is 5.91 Å². The van der Waals surface area contributed by atoms with E-state index in [0.29, 0.717) is 24.4 Å². The first-order valence-corrected chi connectivity index (χ1v) is 9.82. The van der Waals surface area contributed by atoms with Crippen molar-refractivity contribution < 1.29 is 23.8 Å². The molecule has 2 amide bonds. The first-order chi connectivity index (χ1) is 13.5. The number of amides is 2. The third-order valence-electron chi connectivity index (χ3n) is 6.15. The van der Waals surface area contributed by atoms with Crippen molar-refractivity contribution in [3.63, 3.8) is 0 Å². The summed E-state index contributed by atoms with van der Waals surface area (Å²) in [5.74, 6) is 0.463. The number of likely N-dealkylation sites (tertiary alicyclic amines) is 1. The summed E-state index contributed by atoms with van der Waals surface area (Å²) < 4.78 is 16.5. The van der Waals surface area contributed by atoms with E-state index in [1.165, 1.54) is 0 Å². The largest absolute Gasteiger partial charge is 0.497 e. The van der Waals surface area contributed by atoms with E-state index in [9.17, 15) is 9.59 Å². The molecular formula is C21H30N2O5. The van der Waals surface area contributed by atoms with Crippen LogP contribution in [0.3, 0.4) is 0 Å². The highest BCUT2D eigenvalue weighted by Gasteiger charge is 2.52. The van der Waals surface area contributed by atoms with Crippen molar-refractivity contribution in [3.05, 3.63) is 29.8 Å². The van der Waals surface area contributed by atoms with Crippen LogP contribution >= 0.6 is 0 Å². The Kier molecular flexibility index (Phi) is 6.57. The van der Waals surface area contributed by atoms with Crippen LogP contribution in [0.5, 0.6) is 5.75 Å². The minimum atomic E-state index is -0.255. The number of rotatable bonds is 7. The molecule has 3 rings (SSSR count). The summed E-state index contributed by atoms with van der Waals surface area (Å²) in [5, 5.41) is 2.82. The van der Waals surface area contributed by atoms with Crippen molar-refractivity contribution in [2.24, 2.45) is 0 Å². The summed E-state index contributed by atoms with van der Waals surface area (Å²) in [5.41, 5.74) is 0.260. The lowest BCUT2D eigenvalue weighted by atomic mass is 9.79. The van der Waals surface area contributed by atoms with E-state index in [4.69, 9.17) is 14.2 Å². The van der Waals surface area contributed by atoms with E-state index in [-0.39, 0.29) is 36.0 Å². The van der Waals surface area contributed by atoms with Gasteiger partial charge in [-0.3, -0.25) is 9.59 Å². The highest BCUT2D eigenvalue weighted by atomic mass is 16.5. The Balaban J connectivity index is 1.55. The van der Waals surface area contributed by atoms with E-state index < -0.39 is 0 Å². The van der Waals surface area contributed by atoms with Crippen LogP contribution in [-0.4, -0.2) is 68.9 Å². The van der Waals surface area contributed by atoms with Crippen molar-refractivity contribution >= 4 is 11.8 Å². The first kappa shape index (κ1) is 20.6. The smallest absolute Gasteiger partial charge is 0.251 e. The van der Waals surface area contributed by atoms with Crippen LogP contribution in [0.1, 0.15) is 42.5 Å². The average Bonchev–Trinajstić information content (AvgIpc) is 3.12. The van der Waals surface area contributed by atoms with Crippen LogP contribution in [-0.2, 0) is 14.3 Å². The summed E-state index contributed by atoms with van der Waals surface area (Å²) >= 11 is 0. The maximum atomic E-state index is 12.8. The summed E-state index contributed by atoms with van der Waals surface area (Å²) in [6.07, 6.45) is 3.94. The van der Waals surface area contributed by atoms with Gasteiger partial charge in [0.1, 0.15) is 5.75 Å². The number of ether oxygens (including phenoxy) is 3. The third-order valence-corrected chi connectivity index (χ3v) is 6.15. The van der Waals surface area contributed by atoms with E-state index in [0.717, 1.165) is 25.7 Å². The van der Waals surface area contributed by atoms with Gasteiger partial charge in [-0.25, -0.2) is 0 Å². The number of hydrogen-bond donors (Lipinski definition) is 1. The van der Waals surface area contributed by atoms with Gasteiger partial charge >= 0.3 is 0 Å². The van der Waals surface area contributed by atoms with E-state index >= 15 is 0 Å². The first-order valence-electron chi connectivity index (χ1n) is 9.82. The number of nitrogens with zero attached hydrogens (tertiary/aromatic N) is 1. The van der Waals surface area contributed by atoms with Crippen LogP contribution in [0.2, 0.25) is 0 Å². The minimum absolute atomic E-state index is 0.0396. The predicted molar refractivity (Wildman–Crippen MR) is 104 cm³/mol. The maximum absolute atomic E-state index is 12.8. The van der Waals surface area contributed by atoms with E-state index in [2.05, 4.69) is 5.32 Å². The molecule has 7 heteroatoms. The van der Waals surface area contributed by atoms with E-state index in [1.54, 1.807) is 45.6 Å². The van der Waals surface area contributed by atoms with Gasteiger partial charge in [0.25, 0.3) is 5.91 Å². The van der Waals surface area contributed by atoms with Crippen molar-refractivity contribution in [2.75, 3.05) is 34.4 Å². The molecule has 0 bridgehead atoms. The van der Waals surface area contributed by atoms with Gasteiger partial charge in [0.05, 0.1) is 24.9 Å². The Morgan fingerprint density at radius 1 is 1.25 bits per heavy atom. The minimum Gasteiger partial charge on any atom is -0.497 e. The summed E-state index contributed by atoms with van der Waals surface area (Å²) in [7, 11) is 5.02. The molecule has 1 aromatic carbocycles. The highest BCUT2D eigenvalue weighted by molar-refractivity contribution is 5.94. The number of carbonyl (C=O) groups is 2. The van der Waals surface area contributed by atoms with Gasteiger partial charge in [-0.05, 0) is 43.9 Å². The van der Waals surface area contributed by atoms with E-state index in [1.807, 2.05) is 4.90 Å². The zero-order chi connectivity index (χ0) is 20.1. The lowest BCUT2D eigenvalue weighted by Gasteiger charge is -2.43. The molecule has 2 fully saturated rings. The SMILES string of the molecule is COc1cccc(C(=O)NCCC(=O)N2CCC3(OC)CCC(OC)CC23)c1. The lowest BCUT2D eigenvalue weighted by Crippen LogP contribution is -2.53. The zero-order valence-corrected chi connectivity index (χ0v) is 16.9. The monoisotopic (exact) mass is 390 g/mol. The molecular weight excluding hydrogens is 360 g/mol. The van der Waals surface area contributed by atoms with Crippen molar-refractivity contribution in [3.8, 4) is 5.75 Å². The second-order valence-electron chi connectivity index (χ2n) is 7.49. The Morgan fingerprint density at radius 2 is 2.07 bits per heavy atom. The van der Waals surface area contributed by atoms with Crippen LogP contribution in [0.4, 0.5) is 0 Å². The molecule has 0 radical (unpaired) electrons. The van der Waals surface area contributed by atoms with Gasteiger partial charge < -0.3 is 24.4 Å². The molecule has 1 aromatic rings. The molecule has 7 nitrogen and oxygen atoms in total. The normalized spacial score (nSPS) is 26.6. The van der Waals surface area contributed by atoms with Gasteiger partial charge in [0.15, 0.2) is 0 Å². The highest BCUT2D eigenvalue weighted by Crippen LogP contribution is 2.43. The number of carbonyl (C=O) groups excluding carboxylic acids is 2. The predicted octanol–water partition coefficient (Wildman–Crippen LogP) is 2.00. The Hall–Kier alpha value is -2.12. The molecule has 1 N–H and O–H groups in total. The van der Waals surface area contributed by atoms with Crippen LogP contribution in [0, 0.1) is 0 Å². The van der Waals surface area contributed by atoms with Gasteiger partial charge in [-0.15, -0.1) is 0 Å². The molecule has 1 aliphatic carbocycles. The molecule has 0 aromatic heterocycles. The van der Waals surface area contributed by atoms with Gasteiger partial charge in [-0.2, -0.15) is 0 Å². The Morgan fingerprint density at radius 3 is 2.79 bits per heavy atom. The van der Waals surface area contributed by atoms with Crippen molar-refractivity contribution in [1.29, 1.82) is 0 Å². The lowest BCUT2D eigenvalue weighted by molar-refractivity contribution is -0.140. The number of methoxy groups -OCH3 is 3.